The number of aliphatic hydroxyl groups excluding tert-OH is 1. The van der Waals surface area contributed by atoms with Crippen LogP contribution in [0.4, 0.5) is 17.6 Å². The predicted octanol–water partition coefficient (Wildman–Crippen LogP) is 20.5. The first-order chi connectivity index (χ1) is 36.5. The molecule has 0 radical (unpaired) electrons. The van der Waals surface area contributed by atoms with Crippen LogP contribution in [0.25, 0.3) is 0 Å². The van der Waals surface area contributed by atoms with Crippen LogP contribution in [0.5, 0.6) is 5.75 Å². The summed E-state index contributed by atoms with van der Waals surface area (Å²) < 4.78 is 61.5. The van der Waals surface area contributed by atoms with Crippen molar-refractivity contribution in [3.63, 3.8) is 0 Å². The van der Waals surface area contributed by atoms with Crippen molar-refractivity contribution in [1.29, 1.82) is 0 Å². The first-order valence-electron chi connectivity index (χ1n) is 26.7. The number of rotatable bonds is 7. The number of hydrogen-bond donors (Lipinski definition) is 1. The molecule has 1 aliphatic rings. The molecular weight excluding hydrogens is 993 g/mol. The first-order valence-corrected chi connectivity index (χ1v) is 26.7. The van der Waals surface area contributed by atoms with Crippen molar-refractivity contribution in [2.75, 3.05) is 13.9 Å². The van der Waals surface area contributed by atoms with Crippen molar-refractivity contribution >= 4 is 6.79 Å². The highest BCUT2D eigenvalue weighted by Gasteiger charge is 2.15. The van der Waals surface area contributed by atoms with Crippen LogP contribution in [-0.2, 0) is 61.1 Å². The van der Waals surface area contributed by atoms with E-state index in [1.807, 2.05) is 71.7 Å². The number of halogens is 4. The molecule has 0 aromatic heterocycles. The third-order valence-electron chi connectivity index (χ3n) is 11.3. The van der Waals surface area contributed by atoms with Gasteiger partial charge in [-0.1, -0.05) is 223 Å². The van der Waals surface area contributed by atoms with E-state index in [9.17, 15) is 17.6 Å². The van der Waals surface area contributed by atoms with Crippen LogP contribution in [0.1, 0.15) is 163 Å². The lowest BCUT2D eigenvalue weighted by atomic mass is 10.0. The second kappa shape index (κ2) is 51.1. The fraction of sp³-hybridized carbons (Fsp3) is 0.394. The van der Waals surface area contributed by atoms with Crippen molar-refractivity contribution in [3.05, 3.63) is 241 Å². The third kappa shape index (κ3) is 36.5. The lowest BCUT2D eigenvalue weighted by molar-refractivity contribution is -0.0980. The molecule has 0 aliphatic carbocycles. The highest BCUT2D eigenvalue weighted by molar-refractivity contribution is 5.41. The predicted molar refractivity (Wildman–Crippen MR) is 336 cm³/mol. The molecular formula is C71H104F4O4. The molecule has 1 N–H and O–H groups in total. The number of benzene rings is 7. The number of ether oxygens (including phenoxy) is 2. The maximum Gasteiger partial charge on any atom is 0.189 e. The zero-order valence-electron chi connectivity index (χ0n) is 48.8. The zero-order chi connectivity index (χ0) is 57.8. The molecule has 79 heavy (non-hydrogen) atoms. The molecule has 440 valence electrons. The molecule has 1 aliphatic heterocycles. The quantitative estimate of drug-likeness (QED) is 0.162. The Bertz CT molecular complexity index is 2490. The van der Waals surface area contributed by atoms with Crippen LogP contribution in [0.3, 0.4) is 0 Å². The molecule has 0 fully saturated rings. The van der Waals surface area contributed by atoms with Crippen LogP contribution in [0.2, 0.25) is 0 Å². The zero-order valence-corrected chi connectivity index (χ0v) is 48.8. The molecule has 0 atom stereocenters. The van der Waals surface area contributed by atoms with E-state index >= 15 is 0 Å². The summed E-state index contributed by atoms with van der Waals surface area (Å²) in [4.78, 5) is 8.00. The van der Waals surface area contributed by atoms with Crippen molar-refractivity contribution in [2.45, 2.75) is 177 Å². The smallest absolute Gasteiger partial charge is 0.189 e. The first kappa shape index (κ1) is 81.5. The Hall–Kier alpha value is -6.35. The van der Waals surface area contributed by atoms with E-state index < -0.39 is 0 Å². The van der Waals surface area contributed by atoms with Gasteiger partial charge in [0.2, 0.25) is 0 Å². The highest BCUT2D eigenvalue weighted by atomic mass is 19.1. The Morgan fingerprint density at radius 2 is 0.848 bits per heavy atom. The summed E-state index contributed by atoms with van der Waals surface area (Å²) >= 11 is 0. The number of carbonyl (C=O) groups is 1. The van der Waals surface area contributed by atoms with Crippen LogP contribution in [0.15, 0.2) is 146 Å². The minimum Gasteiger partial charge on any atom is -0.467 e. The average molecular weight is 1100 g/mol. The van der Waals surface area contributed by atoms with Gasteiger partial charge in [0.05, 0.1) is 6.61 Å². The summed E-state index contributed by atoms with van der Waals surface area (Å²) in [6.07, 6.45) is 7.91. The minimum absolute atomic E-state index is 0. The van der Waals surface area contributed by atoms with E-state index in [-0.39, 0.29) is 52.3 Å². The largest absolute Gasteiger partial charge is 0.467 e. The summed E-state index contributed by atoms with van der Waals surface area (Å²) in [6.45, 7) is 31.4. The van der Waals surface area contributed by atoms with Gasteiger partial charge in [0.15, 0.2) is 6.79 Å². The van der Waals surface area contributed by atoms with Crippen LogP contribution < -0.4 is 4.74 Å². The van der Waals surface area contributed by atoms with Gasteiger partial charge in [-0.15, -0.1) is 0 Å². The summed E-state index contributed by atoms with van der Waals surface area (Å²) in [5.41, 5.74) is 14.6. The monoisotopic (exact) mass is 1100 g/mol. The van der Waals surface area contributed by atoms with Gasteiger partial charge >= 0.3 is 0 Å². The standard InChI is InChI=1S/C10H11FO2.2C9H11F.3C9H12.C8H9F.C3H8.CH4O.CH2O.3CH4/c1-2-7-3-8(11)4-10-9(7)5-12-6-13-10;1-3-8-5-4-7(2)9(10)6-8;1-3-8-5-4-7(2)6-9(8)10;1-3-9-6-4-8(2)5-7-9;2*1-3-9-6-4-5-8(2)7-9;1-2-7-5-3-4-6-8(7)9;1-3-2;2*1-2;;;/h3-4H,2,5-6H2,1H3;2*4-6H,3H2,1-2H3;3*4-7H,3H2,1-2H3;3-6H,2H2,1H3;3H2,1-2H3;2H,1H3;1H2;3*1H4. The third-order valence-corrected chi connectivity index (χ3v) is 11.3. The average Bonchev–Trinajstić information content (AvgIpc) is 3.44. The van der Waals surface area contributed by atoms with E-state index in [2.05, 4.69) is 128 Å². The van der Waals surface area contributed by atoms with Gasteiger partial charge in [-0.25, -0.2) is 17.6 Å². The van der Waals surface area contributed by atoms with E-state index in [1.54, 1.807) is 31.2 Å². The van der Waals surface area contributed by atoms with E-state index in [0.29, 0.717) is 12.4 Å². The molecule has 1 heterocycles. The normalized spacial score (nSPS) is 9.67. The lowest BCUT2D eigenvalue weighted by Gasteiger charge is -2.20. The second-order valence-corrected chi connectivity index (χ2v) is 17.6. The number of fused-ring (bicyclic) bond motifs is 1. The Morgan fingerprint density at radius 1 is 0.418 bits per heavy atom. The Morgan fingerprint density at radius 3 is 1.25 bits per heavy atom. The minimum atomic E-state index is -0.238. The summed E-state index contributed by atoms with van der Waals surface area (Å²) in [6, 6.07) is 46.4. The molecule has 0 saturated heterocycles. The van der Waals surface area contributed by atoms with Crippen LogP contribution in [0, 0.1) is 57.9 Å². The SMILES string of the molecule is C.C.C.C=O.CCC.CCc1cc(F)cc2c1COCO2.CCc1ccc(C)c(F)c1.CCc1ccc(C)cc1.CCc1ccc(C)cc1F.CCc1cccc(C)c1.CCc1cccc(C)c1.CCc1ccccc1F.CO. The summed E-state index contributed by atoms with van der Waals surface area (Å²) in [7, 11) is 1.00. The Labute approximate surface area is 479 Å². The van der Waals surface area contributed by atoms with Gasteiger partial charge in [0, 0.05) is 18.7 Å². The molecule has 8 heteroatoms. The van der Waals surface area contributed by atoms with Gasteiger partial charge in [-0.3, -0.25) is 0 Å². The van der Waals surface area contributed by atoms with Crippen molar-refractivity contribution in [1.82, 2.24) is 0 Å². The molecule has 0 bridgehead atoms. The van der Waals surface area contributed by atoms with Gasteiger partial charge in [0.1, 0.15) is 35.8 Å². The summed E-state index contributed by atoms with van der Waals surface area (Å²) in [5, 5.41) is 7.00. The maximum absolute atomic E-state index is 13.0. The van der Waals surface area contributed by atoms with Gasteiger partial charge in [-0.05, 0) is 154 Å². The summed E-state index contributed by atoms with van der Waals surface area (Å²) in [5.74, 6) is 0.113. The number of aliphatic hydroxyl groups is 1. The molecule has 7 aromatic rings. The fourth-order valence-electron chi connectivity index (χ4n) is 6.79. The molecule has 8 rings (SSSR count). The molecule has 0 saturated carbocycles. The molecule has 4 nitrogen and oxygen atoms in total. The van der Waals surface area contributed by atoms with Crippen molar-refractivity contribution in [3.8, 4) is 5.75 Å². The van der Waals surface area contributed by atoms with Crippen molar-refractivity contribution in [2.24, 2.45) is 0 Å². The Kier molecular flexibility index (Phi) is 52.7. The molecule has 0 unspecified atom stereocenters. The topological polar surface area (TPSA) is 55.8 Å². The number of hydrogen-bond acceptors (Lipinski definition) is 4. The van der Waals surface area contributed by atoms with E-state index in [4.69, 9.17) is 19.4 Å². The maximum atomic E-state index is 13.0. The Balaban J connectivity index is -0.000000264. The van der Waals surface area contributed by atoms with Gasteiger partial charge < -0.3 is 19.4 Å². The number of aryl methyl sites for hydroxylation is 12. The molecule has 0 amide bonds. The van der Waals surface area contributed by atoms with Crippen LogP contribution in [-0.4, -0.2) is 25.8 Å². The molecule has 0 spiro atoms. The second-order valence-electron chi connectivity index (χ2n) is 17.6. The van der Waals surface area contributed by atoms with Gasteiger partial charge in [-0.2, -0.15) is 0 Å². The van der Waals surface area contributed by atoms with Crippen molar-refractivity contribution < 1.29 is 36.9 Å². The number of carbonyl (C=O) groups excluding carboxylic acids is 1. The molecule has 7 aromatic carbocycles. The fourth-order valence-corrected chi connectivity index (χ4v) is 6.79. The van der Waals surface area contributed by atoms with E-state index in [1.165, 1.54) is 58.0 Å². The van der Waals surface area contributed by atoms with E-state index in [0.717, 1.165) is 91.0 Å². The highest BCUT2D eigenvalue weighted by Crippen LogP contribution is 2.28. The van der Waals surface area contributed by atoms with Gasteiger partial charge in [0.25, 0.3) is 0 Å². The lowest BCUT2D eigenvalue weighted by Crippen LogP contribution is -2.13. The van der Waals surface area contributed by atoms with Crippen LogP contribution >= 0.6 is 0 Å².